The highest BCUT2D eigenvalue weighted by Gasteiger charge is 2.08. The molecular weight excluding hydrogens is 224 g/mol. The third-order valence-electron chi connectivity index (χ3n) is 2.86. The summed E-state index contributed by atoms with van der Waals surface area (Å²) in [5.74, 6) is 0.817. The largest absolute Gasteiger partial charge is 0.340 e. The fourth-order valence-electron chi connectivity index (χ4n) is 1.67. The van der Waals surface area contributed by atoms with Gasteiger partial charge in [0.15, 0.2) is 0 Å². The van der Waals surface area contributed by atoms with Crippen LogP contribution in [0.2, 0.25) is 0 Å². The van der Waals surface area contributed by atoms with Crippen LogP contribution in [-0.4, -0.2) is 30.9 Å². The minimum atomic E-state index is 0.141. The van der Waals surface area contributed by atoms with Crippen molar-refractivity contribution in [2.45, 2.75) is 26.8 Å². The average molecular weight is 248 g/mol. The summed E-state index contributed by atoms with van der Waals surface area (Å²) in [5.41, 5.74) is 1.16. The first-order valence-corrected chi connectivity index (χ1v) is 6.58. The monoisotopic (exact) mass is 248 g/mol. The molecule has 1 aromatic rings. The van der Waals surface area contributed by atoms with Crippen LogP contribution in [-0.2, 0) is 11.3 Å². The molecule has 0 unspecified atom stereocenters. The number of nitrogens with zero attached hydrogens (tertiary/aromatic N) is 1. The highest BCUT2D eigenvalue weighted by atomic mass is 16.2. The minimum absolute atomic E-state index is 0.141. The Kier molecular flexibility index (Phi) is 6.44. The Morgan fingerprint density at radius 2 is 1.94 bits per heavy atom. The molecule has 0 spiro atoms. The lowest BCUT2D eigenvalue weighted by atomic mass is 10.1. The van der Waals surface area contributed by atoms with E-state index in [1.165, 1.54) is 0 Å². The lowest BCUT2D eigenvalue weighted by Crippen LogP contribution is -2.35. The zero-order valence-electron chi connectivity index (χ0n) is 11.6. The van der Waals surface area contributed by atoms with Crippen molar-refractivity contribution < 1.29 is 4.79 Å². The van der Waals surface area contributed by atoms with Gasteiger partial charge in [-0.1, -0.05) is 44.2 Å². The summed E-state index contributed by atoms with van der Waals surface area (Å²) in [6.07, 6.45) is 1.11. The number of amides is 1. The summed E-state index contributed by atoms with van der Waals surface area (Å²) in [7, 11) is 1.85. The van der Waals surface area contributed by atoms with Gasteiger partial charge in [0.25, 0.3) is 0 Å². The first-order valence-electron chi connectivity index (χ1n) is 6.58. The fraction of sp³-hybridized carbons (Fsp3) is 0.533. The number of rotatable bonds is 7. The maximum atomic E-state index is 11.9. The highest BCUT2D eigenvalue weighted by molar-refractivity contribution is 5.77. The SMILES string of the molecule is CC(C)CCNCC(=O)N(C)Cc1ccccc1. The van der Waals surface area contributed by atoms with E-state index >= 15 is 0 Å². The van der Waals surface area contributed by atoms with Crippen LogP contribution >= 0.6 is 0 Å². The van der Waals surface area contributed by atoms with E-state index in [1.54, 1.807) is 4.90 Å². The molecule has 0 radical (unpaired) electrons. The predicted octanol–water partition coefficient (Wildman–Crippen LogP) is 2.28. The third-order valence-corrected chi connectivity index (χ3v) is 2.86. The van der Waals surface area contributed by atoms with Crippen LogP contribution < -0.4 is 5.32 Å². The molecule has 1 amide bonds. The topological polar surface area (TPSA) is 32.3 Å². The first kappa shape index (κ1) is 14.7. The molecule has 0 heterocycles. The molecule has 3 nitrogen and oxygen atoms in total. The summed E-state index contributed by atoms with van der Waals surface area (Å²) < 4.78 is 0. The van der Waals surface area contributed by atoms with Crippen LogP contribution in [0, 0.1) is 5.92 Å². The van der Waals surface area contributed by atoms with Crippen molar-refractivity contribution in [3.05, 3.63) is 35.9 Å². The maximum absolute atomic E-state index is 11.9. The molecule has 0 fully saturated rings. The van der Waals surface area contributed by atoms with Crippen LogP contribution in [0.1, 0.15) is 25.8 Å². The molecule has 0 atom stereocenters. The summed E-state index contributed by atoms with van der Waals surface area (Å²) in [5, 5.41) is 3.19. The van der Waals surface area contributed by atoms with Gasteiger partial charge in [-0.15, -0.1) is 0 Å². The van der Waals surface area contributed by atoms with Gasteiger partial charge in [0.05, 0.1) is 6.54 Å². The number of nitrogens with one attached hydrogen (secondary N) is 1. The summed E-state index contributed by atoms with van der Waals surface area (Å²) in [4.78, 5) is 13.6. The number of carbonyl (C=O) groups is 1. The highest BCUT2D eigenvalue weighted by Crippen LogP contribution is 2.02. The number of carbonyl (C=O) groups excluding carboxylic acids is 1. The summed E-state index contributed by atoms with van der Waals surface area (Å²) in [6.45, 7) is 6.38. The summed E-state index contributed by atoms with van der Waals surface area (Å²) in [6, 6.07) is 10.0. The number of hydrogen-bond acceptors (Lipinski definition) is 2. The van der Waals surface area contributed by atoms with Crippen molar-refractivity contribution >= 4 is 5.91 Å². The fourth-order valence-corrected chi connectivity index (χ4v) is 1.67. The zero-order valence-corrected chi connectivity index (χ0v) is 11.6. The van der Waals surface area contributed by atoms with Crippen molar-refractivity contribution in [1.29, 1.82) is 0 Å². The Bertz CT molecular complexity index is 349. The Balaban J connectivity index is 2.25. The van der Waals surface area contributed by atoms with E-state index in [2.05, 4.69) is 19.2 Å². The van der Waals surface area contributed by atoms with Gasteiger partial charge in [0, 0.05) is 13.6 Å². The second-order valence-electron chi connectivity index (χ2n) is 5.09. The summed E-state index contributed by atoms with van der Waals surface area (Å²) >= 11 is 0. The lowest BCUT2D eigenvalue weighted by molar-refractivity contribution is -0.129. The molecular formula is C15H24N2O. The predicted molar refractivity (Wildman–Crippen MR) is 75.2 cm³/mol. The van der Waals surface area contributed by atoms with E-state index in [-0.39, 0.29) is 5.91 Å². The molecule has 18 heavy (non-hydrogen) atoms. The smallest absolute Gasteiger partial charge is 0.236 e. The lowest BCUT2D eigenvalue weighted by Gasteiger charge is -2.17. The molecule has 0 bridgehead atoms. The third kappa shape index (κ3) is 5.82. The average Bonchev–Trinajstić information content (AvgIpc) is 2.35. The molecule has 100 valence electrons. The van der Waals surface area contributed by atoms with Gasteiger partial charge >= 0.3 is 0 Å². The molecule has 0 saturated heterocycles. The van der Waals surface area contributed by atoms with E-state index in [0.29, 0.717) is 19.0 Å². The number of likely N-dealkylation sites (N-methyl/N-ethyl adjacent to an activating group) is 1. The minimum Gasteiger partial charge on any atom is -0.340 e. The van der Waals surface area contributed by atoms with Gasteiger partial charge in [-0.2, -0.15) is 0 Å². The van der Waals surface area contributed by atoms with Crippen molar-refractivity contribution in [2.24, 2.45) is 5.92 Å². The van der Waals surface area contributed by atoms with E-state index < -0.39 is 0 Å². The second kappa shape index (κ2) is 7.88. The molecule has 3 heteroatoms. The van der Waals surface area contributed by atoms with Crippen LogP contribution in [0.25, 0.3) is 0 Å². The van der Waals surface area contributed by atoms with Crippen LogP contribution in [0.15, 0.2) is 30.3 Å². The Labute approximate surface area is 110 Å². The first-order chi connectivity index (χ1) is 8.59. The van der Waals surface area contributed by atoms with E-state index in [0.717, 1.165) is 18.5 Å². The van der Waals surface area contributed by atoms with Gasteiger partial charge in [0.2, 0.25) is 5.91 Å². The van der Waals surface area contributed by atoms with Gasteiger partial charge in [-0.25, -0.2) is 0 Å². The van der Waals surface area contributed by atoms with E-state index in [4.69, 9.17) is 0 Å². The number of benzene rings is 1. The van der Waals surface area contributed by atoms with Crippen LogP contribution in [0.5, 0.6) is 0 Å². The molecule has 0 aliphatic rings. The second-order valence-corrected chi connectivity index (χ2v) is 5.09. The van der Waals surface area contributed by atoms with Crippen molar-refractivity contribution in [1.82, 2.24) is 10.2 Å². The maximum Gasteiger partial charge on any atom is 0.236 e. The standard InChI is InChI=1S/C15H24N2O/c1-13(2)9-10-16-11-15(18)17(3)12-14-7-5-4-6-8-14/h4-8,13,16H,9-12H2,1-3H3. The molecule has 1 N–H and O–H groups in total. The quantitative estimate of drug-likeness (QED) is 0.751. The molecule has 1 aromatic carbocycles. The van der Waals surface area contributed by atoms with Crippen molar-refractivity contribution in [3.8, 4) is 0 Å². The number of hydrogen-bond donors (Lipinski definition) is 1. The Morgan fingerprint density at radius 3 is 2.56 bits per heavy atom. The molecule has 1 rings (SSSR count). The normalized spacial score (nSPS) is 10.7. The molecule has 0 aromatic heterocycles. The Hall–Kier alpha value is -1.35. The molecule has 0 saturated carbocycles. The zero-order chi connectivity index (χ0) is 13.4. The van der Waals surface area contributed by atoms with Gasteiger partial charge in [-0.3, -0.25) is 4.79 Å². The van der Waals surface area contributed by atoms with Crippen molar-refractivity contribution in [2.75, 3.05) is 20.1 Å². The van der Waals surface area contributed by atoms with E-state index in [1.807, 2.05) is 37.4 Å². The van der Waals surface area contributed by atoms with Crippen molar-refractivity contribution in [3.63, 3.8) is 0 Å². The van der Waals surface area contributed by atoms with Crippen LogP contribution in [0.3, 0.4) is 0 Å². The van der Waals surface area contributed by atoms with E-state index in [9.17, 15) is 4.79 Å². The van der Waals surface area contributed by atoms with Gasteiger partial charge in [0.1, 0.15) is 0 Å². The molecule has 0 aliphatic heterocycles. The Morgan fingerprint density at radius 1 is 1.28 bits per heavy atom. The van der Waals surface area contributed by atoms with Gasteiger partial charge < -0.3 is 10.2 Å². The van der Waals surface area contributed by atoms with Crippen LogP contribution in [0.4, 0.5) is 0 Å². The molecule has 0 aliphatic carbocycles. The van der Waals surface area contributed by atoms with Gasteiger partial charge in [-0.05, 0) is 24.4 Å².